The van der Waals surface area contributed by atoms with Gasteiger partial charge in [0.2, 0.25) is 0 Å². The van der Waals surface area contributed by atoms with E-state index in [0.717, 1.165) is 5.56 Å². The number of pyridine rings is 1. The first-order chi connectivity index (χ1) is 7.24. The molecule has 82 valence electrons. The van der Waals surface area contributed by atoms with Gasteiger partial charge in [-0.3, -0.25) is 9.78 Å². The quantitative estimate of drug-likeness (QED) is 0.741. The van der Waals surface area contributed by atoms with Crippen molar-refractivity contribution in [2.75, 3.05) is 13.2 Å². The highest BCUT2D eigenvalue weighted by atomic mass is 16.5. The minimum Gasteiger partial charge on any atom is -0.465 e. The first-order valence-corrected chi connectivity index (χ1v) is 5.03. The number of nitrogens with zero attached hydrogens (tertiary/aromatic N) is 1. The lowest BCUT2D eigenvalue weighted by Crippen LogP contribution is -2.27. The molecule has 0 aromatic carbocycles. The summed E-state index contributed by atoms with van der Waals surface area (Å²) in [6.45, 7) is 4.44. The second-order valence-corrected chi connectivity index (χ2v) is 3.19. The van der Waals surface area contributed by atoms with Crippen molar-refractivity contribution in [3.63, 3.8) is 0 Å². The van der Waals surface area contributed by atoms with Gasteiger partial charge in [0.25, 0.3) is 0 Å². The average molecular weight is 208 g/mol. The second-order valence-electron chi connectivity index (χ2n) is 3.19. The lowest BCUT2D eigenvalue weighted by atomic mass is 10.1. The summed E-state index contributed by atoms with van der Waals surface area (Å²) in [5.74, 6) is -0.224. The Morgan fingerprint density at radius 3 is 2.80 bits per heavy atom. The summed E-state index contributed by atoms with van der Waals surface area (Å²) >= 11 is 0. The van der Waals surface area contributed by atoms with Crippen molar-refractivity contribution in [3.05, 3.63) is 30.1 Å². The molecule has 1 N–H and O–H groups in total. The van der Waals surface area contributed by atoms with Crippen LogP contribution in [0.2, 0.25) is 0 Å². The molecule has 0 aliphatic heterocycles. The van der Waals surface area contributed by atoms with Gasteiger partial charge in [-0.25, -0.2) is 0 Å². The van der Waals surface area contributed by atoms with Gasteiger partial charge in [-0.05, 0) is 31.5 Å². The van der Waals surface area contributed by atoms with Crippen molar-refractivity contribution in [1.82, 2.24) is 10.3 Å². The minimum absolute atomic E-state index is 0.123. The molecular weight excluding hydrogens is 192 g/mol. The summed E-state index contributed by atoms with van der Waals surface area (Å²) < 4.78 is 4.81. The number of carbonyl (C=O) groups is 1. The maximum absolute atomic E-state index is 11.1. The third-order valence-electron chi connectivity index (χ3n) is 2.06. The zero-order chi connectivity index (χ0) is 11.1. The summed E-state index contributed by atoms with van der Waals surface area (Å²) in [5, 5.41) is 3.08. The maximum Gasteiger partial charge on any atom is 0.319 e. The lowest BCUT2D eigenvalue weighted by molar-refractivity contribution is -0.142. The molecule has 0 aliphatic rings. The molecule has 0 amide bonds. The molecule has 0 fully saturated rings. The van der Waals surface area contributed by atoms with Gasteiger partial charge >= 0.3 is 5.97 Å². The van der Waals surface area contributed by atoms with Gasteiger partial charge in [0, 0.05) is 18.4 Å². The van der Waals surface area contributed by atoms with Crippen molar-refractivity contribution in [2.24, 2.45) is 0 Å². The molecule has 1 aromatic heterocycles. The number of nitrogens with one attached hydrogen (secondary N) is 1. The largest absolute Gasteiger partial charge is 0.465 e. The van der Waals surface area contributed by atoms with Crippen LogP contribution < -0.4 is 5.32 Å². The fourth-order valence-electron chi connectivity index (χ4n) is 1.22. The lowest BCUT2D eigenvalue weighted by Gasteiger charge is -2.12. The number of ether oxygens (including phenoxy) is 1. The van der Waals surface area contributed by atoms with Crippen molar-refractivity contribution in [3.8, 4) is 0 Å². The van der Waals surface area contributed by atoms with Crippen molar-refractivity contribution in [1.29, 1.82) is 0 Å². The Morgan fingerprint density at radius 1 is 1.53 bits per heavy atom. The Morgan fingerprint density at radius 2 is 2.20 bits per heavy atom. The Kier molecular flexibility index (Phi) is 4.77. The number of hydrogen-bond acceptors (Lipinski definition) is 4. The van der Waals surface area contributed by atoms with Crippen LogP contribution in [0.3, 0.4) is 0 Å². The van der Waals surface area contributed by atoms with E-state index in [1.807, 2.05) is 19.1 Å². The number of carbonyl (C=O) groups excluding carboxylic acids is 1. The van der Waals surface area contributed by atoms with E-state index in [1.54, 1.807) is 19.3 Å². The van der Waals surface area contributed by atoms with E-state index in [2.05, 4.69) is 10.3 Å². The van der Waals surface area contributed by atoms with Gasteiger partial charge in [0.1, 0.15) is 0 Å². The van der Waals surface area contributed by atoms with E-state index >= 15 is 0 Å². The van der Waals surface area contributed by atoms with E-state index < -0.39 is 0 Å². The standard InChI is InChI=1S/C11H16N2O2/c1-3-15-11(14)8-13-9(2)10-4-6-12-7-5-10/h4-7,9,13H,3,8H2,1-2H3/t9-/m0/s1. The first kappa shape index (κ1) is 11.7. The summed E-state index contributed by atoms with van der Waals surface area (Å²) in [4.78, 5) is 15.0. The van der Waals surface area contributed by atoms with Crippen LogP contribution in [0.25, 0.3) is 0 Å². The van der Waals surface area contributed by atoms with Gasteiger partial charge in [-0.1, -0.05) is 0 Å². The summed E-state index contributed by atoms with van der Waals surface area (Å²) in [6, 6.07) is 3.96. The highest BCUT2D eigenvalue weighted by Gasteiger charge is 2.07. The predicted octanol–water partition coefficient (Wildman–Crippen LogP) is 1.30. The Labute approximate surface area is 89.7 Å². The molecule has 4 nitrogen and oxygen atoms in total. The SMILES string of the molecule is CCOC(=O)CN[C@@H](C)c1ccncc1. The van der Waals surface area contributed by atoms with Crippen LogP contribution in [0.15, 0.2) is 24.5 Å². The minimum atomic E-state index is -0.224. The third-order valence-corrected chi connectivity index (χ3v) is 2.06. The molecule has 4 heteroatoms. The molecule has 0 saturated carbocycles. The van der Waals surface area contributed by atoms with E-state index in [-0.39, 0.29) is 18.6 Å². The van der Waals surface area contributed by atoms with E-state index in [0.29, 0.717) is 6.61 Å². The Bertz CT molecular complexity index is 301. The number of esters is 1. The van der Waals surface area contributed by atoms with E-state index in [4.69, 9.17) is 4.74 Å². The molecule has 1 heterocycles. The van der Waals surface area contributed by atoms with Gasteiger partial charge in [0.05, 0.1) is 13.2 Å². The number of rotatable bonds is 5. The average Bonchev–Trinajstić information content (AvgIpc) is 2.27. The molecule has 0 aliphatic carbocycles. The third kappa shape index (κ3) is 4.08. The van der Waals surface area contributed by atoms with Crippen LogP contribution in [0.5, 0.6) is 0 Å². The maximum atomic E-state index is 11.1. The predicted molar refractivity (Wildman–Crippen MR) is 57.3 cm³/mol. The zero-order valence-electron chi connectivity index (χ0n) is 9.06. The van der Waals surface area contributed by atoms with Gasteiger partial charge in [-0.15, -0.1) is 0 Å². The molecule has 1 aromatic rings. The fraction of sp³-hybridized carbons (Fsp3) is 0.455. The second kappa shape index (κ2) is 6.14. The summed E-state index contributed by atoms with van der Waals surface area (Å²) in [7, 11) is 0. The van der Waals surface area contributed by atoms with Gasteiger partial charge < -0.3 is 10.1 Å². The molecule has 0 saturated heterocycles. The topological polar surface area (TPSA) is 51.2 Å². The molecule has 15 heavy (non-hydrogen) atoms. The van der Waals surface area contributed by atoms with Crippen LogP contribution in [0.4, 0.5) is 0 Å². The molecule has 0 radical (unpaired) electrons. The monoisotopic (exact) mass is 208 g/mol. The Balaban J connectivity index is 2.37. The van der Waals surface area contributed by atoms with Crippen LogP contribution in [0, 0.1) is 0 Å². The van der Waals surface area contributed by atoms with Crippen LogP contribution in [-0.4, -0.2) is 24.1 Å². The molecule has 0 spiro atoms. The summed E-state index contributed by atoms with van der Waals surface area (Å²) in [6.07, 6.45) is 3.47. The molecule has 1 atom stereocenters. The van der Waals surface area contributed by atoms with Crippen molar-refractivity contribution < 1.29 is 9.53 Å². The van der Waals surface area contributed by atoms with E-state index in [1.165, 1.54) is 0 Å². The Hall–Kier alpha value is -1.42. The number of aromatic nitrogens is 1. The van der Waals surface area contributed by atoms with Crippen LogP contribution in [-0.2, 0) is 9.53 Å². The van der Waals surface area contributed by atoms with Crippen LogP contribution in [0.1, 0.15) is 25.5 Å². The first-order valence-electron chi connectivity index (χ1n) is 5.03. The highest BCUT2D eigenvalue weighted by molar-refractivity contribution is 5.71. The normalized spacial score (nSPS) is 12.1. The van der Waals surface area contributed by atoms with E-state index in [9.17, 15) is 4.79 Å². The van der Waals surface area contributed by atoms with Gasteiger partial charge in [-0.2, -0.15) is 0 Å². The highest BCUT2D eigenvalue weighted by Crippen LogP contribution is 2.09. The van der Waals surface area contributed by atoms with Crippen molar-refractivity contribution >= 4 is 5.97 Å². The summed E-state index contributed by atoms with van der Waals surface area (Å²) in [5.41, 5.74) is 1.11. The number of hydrogen-bond donors (Lipinski definition) is 1. The fourth-order valence-corrected chi connectivity index (χ4v) is 1.22. The molecule has 1 rings (SSSR count). The molecular formula is C11H16N2O2. The van der Waals surface area contributed by atoms with Crippen molar-refractivity contribution in [2.45, 2.75) is 19.9 Å². The molecule has 0 bridgehead atoms. The van der Waals surface area contributed by atoms with Gasteiger partial charge in [0.15, 0.2) is 0 Å². The van der Waals surface area contributed by atoms with Crippen LogP contribution >= 0.6 is 0 Å². The zero-order valence-corrected chi connectivity index (χ0v) is 9.06. The smallest absolute Gasteiger partial charge is 0.319 e. The molecule has 0 unspecified atom stereocenters.